The van der Waals surface area contributed by atoms with Crippen molar-refractivity contribution in [2.75, 3.05) is 12.0 Å². The van der Waals surface area contributed by atoms with Gasteiger partial charge in [0.2, 0.25) is 0 Å². The highest BCUT2D eigenvalue weighted by Crippen LogP contribution is 2.27. The molecule has 1 aliphatic heterocycles. The zero-order chi connectivity index (χ0) is 13.3. The van der Waals surface area contributed by atoms with Crippen LogP contribution in [0.15, 0.2) is 17.1 Å². The van der Waals surface area contributed by atoms with Crippen LogP contribution in [0.4, 0.5) is 5.82 Å². The SMILES string of the molecule is NNc1ccn([C@H]2O[C@@H](CO)[C@@H](O)[C@H]2O)c(=O)n1. The van der Waals surface area contributed by atoms with Gasteiger partial charge in [-0.1, -0.05) is 0 Å². The number of ether oxygens (including phenoxy) is 1. The van der Waals surface area contributed by atoms with E-state index < -0.39 is 36.8 Å². The number of nitrogens with two attached hydrogens (primary N) is 1. The zero-order valence-electron chi connectivity index (χ0n) is 9.30. The molecular weight excluding hydrogens is 244 g/mol. The Labute approximate surface area is 101 Å². The van der Waals surface area contributed by atoms with Crippen LogP contribution in [-0.4, -0.2) is 49.8 Å². The molecule has 0 bridgehead atoms. The molecule has 1 saturated heterocycles. The smallest absolute Gasteiger partial charge is 0.351 e. The average Bonchev–Trinajstić information content (AvgIpc) is 2.66. The van der Waals surface area contributed by atoms with E-state index in [1.54, 1.807) is 0 Å². The third-order valence-corrected chi connectivity index (χ3v) is 2.77. The molecule has 0 unspecified atom stereocenters. The number of nitrogens with zero attached hydrogens (tertiary/aromatic N) is 2. The van der Waals surface area contributed by atoms with Gasteiger partial charge in [0.05, 0.1) is 6.61 Å². The second-order valence-electron chi connectivity index (χ2n) is 3.88. The van der Waals surface area contributed by atoms with Crippen LogP contribution in [0, 0.1) is 0 Å². The van der Waals surface area contributed by atoms with E-state index >= 15 is 0 Å². The molecule has 4 atom stereocenters. The van der Waals surface area contributed by atoms with Gasteiger partial charge in [0, 0.05) is 6.20 Å². The van der Waals surface area contributed by atoms with E-state index in [9.17, 15) is 15.0 Å². The lowest BCUT2D eigenvalue weighted by Gasteiger charge is -2.17. The first-order valence-electron chi connectivity index (χ1n) is 5.26. The van der Waals surface area contributed by atoms with Gasteiger partial charge in [0.25, 0.3) is 0 Å². The summed E-state index contributed by atoms with van der Waals surface area (Å²) in [4.78, 5) is 15.2. The van der Waals surface area contributed by atoms with Crippen molar-refractivity contribution in [3.8, 4) is 0 Å². The van der Waals surface area contributed by atoms with E-state index in [0.29, 0.717) is 0 Å². The number of anilines is 1. The minimum atomic E-state index is -1.32. The molecule has 1 aromatic rings. The Morgan fingerprint density at radius 3 is 2.72 bits per heavy atom. The van der Waals surface area contributed by atoms with Gasteiger partial charge in [-0.3, -0.25) is 4.57 Å². The van der Waals surface area contributed by atoms with Crippen LogP contribution < -0.4 is 17.0 Å². The molecule has 9 nitrogen and oxygen atoms in total. The third kappa shape index (κ3) is 2.09. The van der Waals surface area contributed by atoms with Gasteiger partial charge in [0.15, 0.2) is 6.23 Å². The van der Waals surface area contributed by atoms with E-state index in [0.717, 1.165) is 4.57 Å². The fourth-order valence-electron chi connectivity index (χ4n) is 1.80. The molecule has 1 aromatic heterocycles. The second-order valence-corrected chi connectivity index (χ2v) is 3.88. The second kappa shape index (κ2) is 5.00. The summed E-state index contributed by atoms with van der Waals surface area (Å²) in [6.07, 6.45) is -3.30. The highest BCUT2D eigenvalue weighted by atomic mass is 16.6. The molecule has 0 amide bonds. The molecule has 9 heteroatoms. The van der Waals surface area contributed by atoms with E-state index in [-0.39, 0.29) is 5.82 Å². The molecule has 0 aliphatic carbocycles. The van der Waals surface area contributed by atoms with E-state index in [1.165, 1.54) is 12.3 Å². The monoisotopic (exact) mass is 258 g/mol. The number of hydrogen-bond donors (Lipinski definition) is 5. The summed E-state index contributed by atoms with van der Waals surface area (Å²) in [5.41, 5.74) is 1.51. The number of nitrogens with one attached hydrogen (secondary N) is 1. The lowest BCUT2D eigenvalue weighted by Crippen LogP contribution is -2.36. The normalized spacial score (nSPS) is 31.6. The van der Waals surface area contributed by atoms with Crippen LogP contribution in [0.25, 0.3) is 0 Å². The summed E-state index contributed by atoms with van der Waals surface area (Å²) in [5, 5.41) is 28.3. The molecule has 0 saturated carbocycles. The molecule has 100 valence electrons. The highest BCUT2D eigenvalue weighted by Gasteiger charge is 2.43. The van der Waals surface area contributed by atoms with Crippen LogP contribution in [0.2, 0.25) is 0 Å². The fourth-order valence-corrected chi connectivity index (χ4v) is 1.80. The minimum absolute atomic E-state index is 0.169. The van der Waals surface area contributed by atoms with Crippen molar-refractivity contribution in [3.63, 3.8) is 0 Å². The average molecular weight is 258 g/mol. The first kappa shape index (κ1) is 12.9. The number of hydrogen-bond acceptors (Lipinski definition) is 8. The Bertz CT molecular complexity index is 478. The molecule has 6 N–H and O–H groups in total. The van der Waals surface area contributed by atoms with E-state index in [1.807, 2.05) is 0 Å². The summed E-state index contributed by atoms with van der Waals surface area (Å²) >= 11 is 0. The number of aromatic nitrogens is 2. The molecular formula is C9H14N4O5. The van der Waals surface area contributed by atoms with Crippen molar-refractivity contribution in [3.05, 3.63) is 22.7 Å². The number of aliphatic hydroxyl groups is 3. The predicted octanol–water partition coefficient (Wildman–Crippen LogP) is -2.86. The summed E-state index contributed by atoms with van der Waals surface area (Å²) < 4.78 is 6.22. The number of nitrogen functional groups attached to an aromatic ring is 1. The predicted molar refractivity (Wildman–Crippen MR) is 59.3 cm³/mol. The van der Waals surface area contributed by atoms with Crippen molar-refractivity contribution >= 4 is 5.82 Å². The summed E-state index contributed by atoms with van der Waals surface area (Å²) in [6, 6.07) is 1.41. The third-order valence-electron chi connectivity index (χ3n) is 2.77. The van der Waals surface area contributed by atoms with Crippen molar-refractivity contribution in [2.45, 2.75) is 24.5 Å². The van der Waals surface area contributed by atoms with Gasteiger partial charge in [-0.05, 0) is 6.07 Å². The number of rotatable bonds is 3. The van der Waals surface area contributed by atoms with E-state index in [4.69, 9.17) is 15.7 Å². The highest BCUT2D eigenvalue weighted by molar-refractivity contribution is 5.29. The van der Waals surface area contributed by atoms with Crippen molar-refractivity contribution in [1.82, 2.24) is 9.55 Å². The first-order valence-corrected chi connectivity index (χ1v) is 5.26. The quantitative estimate of drug-likeness (QED) is 0.288. The fraction of sp³-hybridized carbons (Fsp3) is 0.556. The summed E-state index contributed by atoms with van der Waals surface area (Å²) in [6.45, 7) is -0.459. The largest absolute Gasteiger partial charge is 0.394 e. The summed E-state index contributed by atoms with van der Waals surface area (Å²) in [5.74, 6) is 5.27. The van der Waals surface area contributed by atoms with Gasteiger partial charge in [-0.15, -0.1) is 0 Å². The standard InChI is InChI=1S/C9H14N4O5/c10-12-5-1-2-13(9(17)11-5)8-7(16)6(15)4(3-14)18-8/h1-2,4,6-8,14-16H,3,10H2,(H,11,12,17)/t4-,6+,7+,8-/m0/s1. The number of hydrazine groups is 1. The van der Waals surface area contributed by atoms with Gasteiger partial charge >= 0.3 is 5.69 Å². The molecule has 1 fully saturated rings. The lowest BCUT2D eigenvalue weighted by atomic mass is 10.1. The molecule has 0 spiro atoms. The van der Waals surface area contributed by atoms with Crippen LogP contribution in [0.1, 0.15) is 6.23 Å². The van der Waals surface area contributed by atoms with Gasteiger partial charge in [-0.2, -0.15) is 4.98 Å². The van der Waals surface area contributed by atoms with Crippen molar-refractivity contribution in [1.29, 1.82) is 0 Å². The molecule has 0 aromatic carbocycles. The number of aliphatic hydroxyl groups excluding tert-OH is 3. The maximum Gasteiger partial charge on any atom is 0.351 e. The van der Waals surface area contributed by atoms with Crippen molar-refractivity contribution in [2.24, 2.45) is 5.84 Å². The Balaban J connectivity index is 2.30. The summed E-state index contributed by atoms with van der Waals surface area (Å²) in [7, 11) is 0. The molecule has 0 radical (unpaired) electrons. The Morgan fingerprint density at radius 1 is 1.50 bits per heavy atom. The Hall–Kier alpha value is -1.52. The Morgan fingerprint density at radius 2 is 2.22 bits per heavy atom. The van der Waals surface area contributed by atoms with Gasteiger partial charge in [-0.25, -0.2) is 10.6 Å². The van der Waals surface area contributed by atoms with Crippen LogP contribution in [-0.2, 0) is 4.74 Å². The molecule has 2 rings (SSSR count). The maximum atomic E-state index is 11.7. The molecule has 1 aliphatic rings. The van der Waals surface area contributed by atoms with Crippen LogP contribution in [0.3, 0.4) is 0 Å². The van der Waals surface area contributed by atoms with Crippen molar-refractivity contribution < 1.29 is 20.1 Å². The topological polar surface area (TPSA) is 143 Å². The molecule has 18 heavy (non-hydrogen) atoms. The van der Waals surface area contributed by atoms with Gasteiger partial charge in [0.1, 0.15) is 24.1 Å². The minimum Gasteiger partial charge on any atom is -0.394 e. The van der Waals surface area contributed by atoms with Gasteiger partial charge < -0.3 is 25.5 Å². The van der Waals surface area contributed by atoms with Crippen LogP contribution in [0.5, 0.6) is 0 Å². The first-order chi connectivity index (χ1) is 8.58. The molecule has 2 heterocycles. The van der Waals surface area contributed by atoms with Crippen LogP contribution >= 0.6 is 0 Å². The van der Waals surface area contributed by atoms with E-state index in [2.05, 4.69) is 10.4 Å². The lowest BCUT2D eigenvalue weighted by molar-refractivity contribution is -0.0549. The maximum absolute atomic E-state index is 11.7. The Kier molecular flexibility index (Phi) is 3.59. The zero-order valence-corrected chi connectivity index (χ0v) is 9.30.